The molecular formula is C11H20FNO. The number of nitrogens with zero attached hydrogens (tertiary/aromatic N) is 1. The molecule has 1 aliphatic heterocycles. The van der Waals surface area contributed by atoms with Gasteiger partial charge < -0.3 is 4.74 Å². The lowest BCUT2D eigenvalue weighted by Gasteiger charge is -2.35. The molecule has 0 radical (unpaired) electrons. The second-order valence-corrected chi connectivity index (χ2v) is 4.21. The van der Waals surface area contributed by atoms with Gasteiger partial charge in [-0.2, -0.15) is 0 Å². The van der Waals surface area contributed by atoms with Crippen LogP contribution < -0.4 is 0 Å². The van der Waals surface area contributed by atoms with Crippen molar-refractivity contribution in [3.8, 4) is 0 Å². The minimum Gasteiger partial charge on any atom is -0.383 e. The summed E-state index contributed by atoms with van der Waals surface area (Å²) in [6, 6.07) is 0. The highest BCUT2D eigenvalue weighted by molar-refractivity contribution is 5.16. The summed E-state index contributed by atoms with van der Waals surface area (Å²) in [6.07, 6.45) is 3.73. The molecule has 0 saturated carbocycles. The number of methoxy groups -OCH3 is 1. The topological polar surface area (TPSA) is 12.5 Å². The Balaban J connectivity index is 2.76. The van der Waals surface area contributed by atoms with Crippen LogP contribution in [0.2, 0.25) is 0 Å². The molecule has 0 amide bonds. The first-order valence-electron chi connectivity index (χ1n) is 5.17. The maximum absolute atomic E-state index is 12.5. The number of ether oxygens (including phenoxy) is 1. The quantitative estimate of drug-likeness (QED) is 0.692. The molecule has 0 spiro atoms. The number of rotatable bonds is 4. The summed E-state index contributed by atoms with van der Waals surface area (Å²) in [4.78, 5) is 2.21. The molecule has 1 heterocycles. The molecule has 1 fully saturated rings. The van der Waals surface area contributed by atoms with Gasteiger partial charge in [0.15, 0.2) is 0 Å². The smallest absolute Gasteiger partial charge is 0.0872 e. The Morgan fingerprint density at radius 3 is 2.79 bits per heavy atom. The third kappa shape index (κ3) is 2.15. The van der Waals surface area contributed by atoms with Crippen LogP contribution in [0.3, 0.4) is 0 Å². The Morgan fingerprint density at radius 1 is 1.64 bits per heavy atom. The molecule has 0 bridgehead atoms. The number of halogens is 1. The monoisotopic (exact) mass is 201 g/mol. The summed E-state index contributed by atoms with van der Waals surface area (Å²) < 4.78 is 17.7. The van der Waals surface area contributed by atoms with Gasteiger partial charge in [0, 0.05) is 19.2 Å². The maximum atomic E-state index is 12.5. The van der Waals surface area contributed by atoms with Crippen LogP contribution >= 0.6 is 0 Å². The van der Waals surface area contributed by atoms with E-state index in [9.17, 15) is 4.39 Å². The van der Waals surface area contributed by atoms with Crippen molar-refractivity contribution < 1.29 is 9.13 Å². The Bertz CT molecular complexity index is 209. The van der Waals surface area contributed by atoms with E-state index >= 15 is 0 Å². The standard InChI is InChI=1S/C11H20FNO/c1-4-5-11(9-14-3)6-10(7-12)8-13(11)2/h7H,4-6,8-9H2,1-3H3/b10-7+/t11-/m0/s1. The minimum atomic E-state index is 0.0292. The van der Waals surface area contributed by atoms with Crippen molar-refractivity contribution in [3.63, 3.8) is 0 Å². The first kappa shape index (κ1) is 11.7. The van der Waals surface area contributed by atoms with E-state index in [0.29, 0.717) is 6.61 Å². The van der Waals surface area contributed by atoms with Crippen LogP contribution in [-0.4, -0.2) is 37.7 Å². The molecule has 82 valence electrons. The van der Waals surface area contributed by atoms with Gasteiger partial charge in [-0.25, -0.2) is 4.39 Å². The molecule has 1 rings (SSSR count). The Labute approximate surface area is 85.7 Å². The fourth-order valence-electron chi connectivity index (χ4n) is 2.41. The summed E-state index contributed by atoms with van der Waals surface area (Å²) in [5, 5.41) is 0. The van der Waals surface area contributed by atoms with E-state index in [1.165, 1.54) is 0 Å². The summed E-state index contributed by atoms with van der Waals surface area (Å²) in [6.45, 7) is 3.58. The van der Waals surface area contributed by atoms with Crippen molar-refractivity contribution in [2.24, 2.45) is 0 Å². The van der Waals surface area contributed by atoms with Crippen LogP contribution in [0.15, 0.2) is 11.9 Å². The first-order valence-corrected chi connectivity index (χ1v) is 5.17. The van der Waals surface area contributed by atoms with Gasteiger partial charge in [-0.1, -0.05) is 13.3 Å². The van der Waals surface area contributed by atoms with Crippen molar-refractivity contribution in [2.45, 2.75) is 31.7 Å². The molecule has 0 N–H and O–H groups in total. The van der Waals surface area contributed by atoms with Crippen molar-refractivity contribution >= 4 is 0 Å². The fourth-order valence-corrected chi connectivity index (χ4v) is 2.41. The van der Waals surface area contributed by atoms with E-state index in [-0.39, 0.29) is 5.54 Å². The van der Waals surface area contributed by atoms with E-state index in [4.69, 9.17) is 4.74 Å². The molecule has 0 aromatic heterocycles. The number of hydrogen-bond donors (Lipinski definition) is 0. The number of likely N-dealkylation sites (N-methyl/N-ethyl adjacent to an activating group) is 1. The molecule has 0 aromatic carbocycles. The Hall–Kier alpha value is -0.410. The largest absolute Gasteiger partial charge is 0.383 e. The highest BCUT2D eigenvalue weighted by Gasteiger charge is 2.40. The molecule has 0 aliphatic carbocycles. The molecule has 14 heavy (non-hydrogen) atoms. The lowest BCUT2D eigenvalue weighted by atomic mass is 9.91. The molecule has 3 heteroatoms. The van der Waals surface area contributed by atoms with Gasteiger partial charge in [0.1, 0.15) is 0 Å². The van der Waals surface area contributed by atoms with Gasteiger partial charge in [-0.05, 0) is 25.5 Å². The van der Waals surface area contributed by atoms with Crippen LogP contribution in [0.4, 0.5) is 4.39 Å². The van der Waals surface area contributed by atoms with Crippen LogP contribution in [-0.2, 0) is 4.74 Å². The summed E-state index contributed by atoms with van der Waals surface area (Å²) in [5.74, 6) is 0. The average molecular weight is 201 g/mol. The molecule has 1 aliphatic rings. The number of hydrogen-bond acceptors (Lipinski definition) is 2. The van der Waals surface area contributed by atoms with Gasteiger partial charge in [0.05, 0.1) is 12.9 Å². The third-order valence-corrected chi connectivity index (χ3v) is 3.09. The van der Waals surface area contributed by atoms with Crippen molar-refractivity contribution in [1.29, 1.82) is 0 Å². The highest BCUT2D eigenvalue weighted by atomic mass is 19.1. The molecule has 0 unspecified atom stereocenters. The van der Waals surface area contributed by atoms with E-state index in [0.717, 1.165) is 37.7 Å². The first-order chi connectivity index (χ1) is 6.68. The van der Waals surface area contributed by atoms with Crippen LogP contribution in [0.5, 0.6) is 0 Å². The van der Waals surface area contributed by atoms with E-state index in [1.807, 2.05) is 7.05 Å². The van der Waals surface area contributed by atoms with Crippen molar-refractivity contribution in [3.05, 3.63) is 11.9 Å². The zero-order chi connectivity index (χ0) is 10.6. The zero-order valence-corrected chi connectivity index (χ0v) is 9.35. The predicted molar refractivity (Wildman–Crippen MR) is 56.0 cm³/mol. The third-order valence-electron chi connectivity index (χ3n) is 3.09. The minimum absolute atomic E-state index is 0.0292. The van der Waals surface area contributed by atoms with Gasteiger partial charge in [-0.15, -0.1) is 0 Å². The normalized spacial score (nSPS) is 31.6. The van der Waals surface area contributed by atoms with Gasteiger partial charge in [0.25, 0.3) is 0 Å². The predicted octanol–water partition coefficient (Wildman–Crippen LogP) is 2.36. The molecule has 1 saturated heterocycles. The second kappa shape index (κ2) is 4.89. The molecule has 1 atom stereocenters. The second-order valence-electron chi connectivity index (χ2n) is 4.21. The SMILES string of the molecule is CCC[C@@]1(COC)C/C(=C\F)CN1C. The number of likely N-dealkylation sites (tertiary alicyclic amines) is 1. The van der Waals surface area contributed by atoms with Crippen LogP contribution in [0.1, 0.15) is 26.2 Å². The van der Waals surface area contributed by atoms with Gasteiger partial charge in [-0.3, -0.25) is 4.90 Å². The van der Waals surface area contributed by atoms with Gasteiger partial charge >= 0.3 is 0 Å². The van der Waals surface area contributed by atoms with E-state index in [2.05, 4.69) is 11.8 Å². The fraction of sp³-hybridized carbons (Fsp3) is 0.818. The maximum Gasteiger partial charge on any atom is 0.0872 e. The van der Waals surface area contributed by atoms with Crippen molar-refractivity contribution in [2.75, 3.05) is 27.3 Å². The zero-order valence-electron chi connectivity index (χ0n) is 9.35. The molecule has 2 nitrogen and oxygen atoms in total. The average Bonchev–Trinajstić information content (AvgIpc) is 2.45. The van der Waals surface area contributed by atoms with E-state index in [1.54, 1.807) is 7.11 Å². The lowest BCUT2D eigenvalue weighted by Crippen LogP contribution is -2.45. The van der Waals surface area contributed by atoms with Crippen LogP contribution in [0.25, 0.3) is 0 Å². The molecule has 0 aromatic rings. The summed E-state index contributed by atoms with van der Waals surface area (Å²) >= 11 is 0. The Morgan fingerprint density at radius 2 is 2.36 bits per heavy atom. The van der Waals surface area contributed by atoms with Crippen molar-refractivity contribution in [1.82, 2.24) is 4.90 Å². The van der Waals surface area contributed by atoms with Gasteiger partial charge in [0.2, 0.25) is 0 Å². The molecular weight excluding hydrogens is 181 g/mol. The Kier molecular flexibility index (Phi) is 4.08. The van der Waals surface area contributed by atoms with Crippen LogP contribution in [0, 0.1) is 0 Å². The lowest BCUT2D eigenvalue weighted by molar-refractivity contribution is 0.0463. The highest BCUT2D eigenvalue weighted by Crippen LogP contribution is 2.35. The summed E-state index contributed by atoms with van der Waals surface area (Å²) in [7, 11) is 3.76. The van der Waals surface area contributed by atoms with E-state index < -0.39 is 0 Å². The summed E-state index contributed by atoms with van der Waals surface area (Å²) in [5.41, 5.74) is 0.916.